The number of aliphatic hydroxyl groups excluding tert-OH is 1. The van der Waals surface area contributed by atoms with Gasteiger partial charge in [0.25, 0.3) is 11.5 Å². The molecule has 0 bridgehead atoms. The Balaban J connectivity index is 1.83. The van der Waals surface area contributed by atoms with Crippen LogP contribution >= 0.6 is 0 Å². The molecule has 0 aliphatic rings. The van der Waals surface area contributed by atoms with Gasteiger partial charge in [0.05, 0.1) is 30.2 Å². The van der Waals surface area contributed by atoms with Crippen LogP contribution < -0.4 is 10.9 Å². The molecule has 3 rings (SSSR count). The van der Waals surface area contributed by atoms with E-state index in [9.17, 15) is 14.4 Å². The quantitative estimate of drug-likeness (QED) is 0.592. The van der Waals surface area contributed by atoms with Crippen molar-refractivity contribution in [3.8, 4) is 6.07 Å². The van der Waals surface area contributed by atoms with Crippen LogP contribution in [0.4, 0.5) is 5.69 Å². The zero-order valence-corrected chi connectivity index (χ0v) is 16.0. The van der Waals surface area contributed by atoms with Gasteiger partial charge in [-0.3, -0.25) is 9.59 Å². The van der Waals surface area contributed by atoms with E-state index in [0.717, 1.165) is 4.68 Å². The smallest absolute Gasteiger partial charge is 0.360 e. The summed E-state index contributed by atoms with van der Waals surface area (Å²) < 4.78 is 6.23. The highest BCUT2D eigenvalue weighted by molar-refractivity contribution is 6.03. The maximum Gasteiger partial charge on any atom is 0.360 e. The van der Waals surface area contributed by atoms with Crippen molar-refractivity contribution in [2.24, 2.45) is 0 Å². The van der Waals surface area contributed by atoms with Crippen molar-refractivity contribution in [2.45, 2.75) is 19.6 Å². The Labute approximate surface area is 171 Å². The third-order valence-electron chi connectivity index (χ3n) is 4.29. The predicted octanol–water partition coefficient (Wildman–Crippen LogP) is 1.44. The number of hydrogen-bond donors (Lipinski definition) is 2. The Morgan fingerprint density at radius 2 is 1.97 bits per heavy atom. The van der Waals surface area contributed by atoms with Crippen LogP contribution in [-0.2, 0) is 16.1 Å². The third-order valence-corrected chi connectivity index (χ3v) is 4.29. The summed E-state index contributed by atoms with van der Waals surface area (Å²) in [6.45, 7) is 0.975. The molecule has 1 aromatic heterocycles. The number of benzene rings is 2. The Morgan fingerprint density at radius 3 is 2.67 bits per heavy atom. The lowest BCUT2D eigenvalue weighted by atomic mass is 10.1. The largest absolute Gasteiger partial charge is 0.448 e. The fourth-order valence-corrected chi connectivity index (χ4v) is 2.81. The molecule has 152 valence electrons. The van der Waals surface area contributed by atoms with Crippen LogP contribution in [-0.4, -0.2) is 39.5 Å². The number of carbonyl (C=O) groups is 2. The average Bonchev–Trinajstić information content (AvgIpc) is 2.75. The van der Waals surface area contributed by atoms with Gasteiger partial charge in [0.15, 0.2) is 11.8 Å². The van der Waals surface area contributed by atoms with Crippen molar-refractivity contribution in [3.05, 3.63) is 70.1 Å². The second kappa shape index (κ2) is 8.98. The molecular weight excluding hydrogens is 388 g/mol. The topological polar surface area (TPSA) is 134 Å². The highest BCUT2D eigenvalue weighted by Crippen LogP contribution is 2.16. The van der Waals surface area contributed by atoms with Crippen LogP contribution in [0.3, 0.4) is 0 Å². The number of aromatic nitrogens is 2. The summed E-state index contributed by atoms with van der Waals surface area (Å²) in [6, 6.07) is 14.7. The van der Waals surface area contributed by atoms with Crippen LogP contribution in [0.5, 0.6) is 0 Å². The number of carbonyl (C=O) groups excluding carboxylic acids is 2. The van der Waals surface area contributed by atoms with Crippen molar-refractivity contribution in [1.82, 2.24) is 9.78 Å². The molecule has 0 fully saturated rings. The van der Waals surface area contributed by atoms with E-state index in [-0.39, 0.29) is 29.6 Å². The van der Waals surface area contributed by atoms with Crippen LogP contribution in [0.2, 0.25) is 0 Å². The van der Waals surface area contributed by atoms with Crippen LogP contribution in [0.1, 0.15) is 23.0 Å². The van der Waals surface area contributed by atoms with Crippen molar-refractivity contribution >= 4 is 28.3 Å². The maximum atomic E-state index is 12.7. The lowest BCUT2D eigenvalue weighted by molar-refractivity contribution is -0.123. The molecule has 1 amide bonds. The number of esters is 1. The first-order valence-corrected chi connectivity index (χ1v) is 9.07. The third kappa shape index (κ3) is 4.34. The molecule has 0 aliphatic heterocycles. The van der Waals surface area contributed by atoms with Gasteiger partial charge in [0.2, 0.25) is 0 Å². The number of ether oxygens (including phenoxy) is 1. The highest BCUT2D eigenvalue weighted by Gasteiger charge is 2.23. The predicted molar refractivity (Wildman–Crippen MR) is 108 cm³/mol. The van der Waals surface area contributed by atoms with Gasteiger partial charge in [-0.15, -0.1) is 0 Å². The second-order valence-corrected chi connectivity index (χ2v) is 6.38. The summed E-state index contributed by atoms with van der Waals surface area (Å²) in [4.78, 5) is 37.5. The zero-order valence-electron chi connectivity index (χ0n) is 16.0. The number of hydrogen-bond acceptors (Lipinski definition) is 7. The number of nitrogens with one attached hydrogen (secondary N) is 1. The first-order valence-electron chi connectivity index (χ1n) is 9.07. The molecule has 30 heavy (non-hydrogen) atoms. The van der Waals surface area contributed by atoms with Crippen molar-refractivity contribution in [3.63, 3.8) is 0 Å². The van der Waals surface area contributed by atoms with E-state index in [1.807, 2.05) is 6.07 Å². The summed E-state index contributed by atoms with van der Waals surface area (Å²) in [5, 5.41) is 25.2. The molecule has 0 radical (unpaired) electrons. The van der Waals surface area contributed by atoms with Gasteiger partial charge >= 0.3 is 5.97 Å². The van der Waals surface area contributed by atoms with Crippen LogP contribution in [0.15, 0.2) is 53.3 Å². The van der Waals surface area contributed by atoms with E-state index in [1.54, 1.807) is 42.5 Å². The lowest BCUT2D eigenvalue weighted by Crippen LogP contribution is -2.32. The van der Waals surface area contributed by atoms with Gasteiger partial charge in [-0.2, -0.15) is 10.4 Å². The van der Waals surface area contributed by atoms with Crippen molar-refractivity contribution in [1.29, 1.82) is 5.26 Å². The summed E-state index contributed by atoms with van der Waals surface area (Å²) in [5.41, 5.74) is 0.186. The molecule has 9 heteroatoms. The van der Waals surface area contributed by atoms with Gasteiger partial charge in [-0.1, -0.05) is 24.3 Å². The van der Waals surface area contributed by atoms with E-state index in [1.165, 1.54) is 13.0 Å². The summed E-state index contributed by atoms with van der Waals surface area (Å²) in [5.74, 6) is -1.47. The van der Waals surface area contributed by atoms with Crippen molar-refractivity contribution < 1.29 is 19.4 Å². The van der Waals surface area contributed by atoms with Gasteiger partial charge in [0, 0.05) is 11.1 Å². The van der Waals surface area contributed by atoms with Gasteiger partial charge < -0.3 is 15.2 Å². The molecule has 0 unspecified atom stereocenters. The minimum absolute atomic E-state index is 0.0881. The van der Waals surface area contributed by atoms with E-state index in [4.69, 9.17) is 15.1 Å². The number of rotatable bonds is 6. The minimum Gasteiger partial charge on any atom is -0.448 e. The molecule has 0 aliphatic carbocycles. The minimum atomic E-state index is -1.16. The van der Waals surface area contributed by atoms with Gasteiger partial charge in [-0.25, -0.2) is 9.48 Å². The molecule has 2 N–H and O–H groups in total. The fraction of sp³-hybridized carbons (Fsp3) is 0.190. The summed E-state index contributed by atoms with van der Waals surface area (Å²) in [6.07, 6.45) is -1.16. The number of anilines is 1. The van der Waals surface area contributed by atoms with E-state index in [0.29, 0.717) is 11.3 Å². The average molecular weight is 406 g/mol. The van der Waals surface area contributed by atoms with Crippen molar-refractivity contribution in [2.75, 3.05) is 11.9 Å². The highest BCUT2D eigenvalue weighted by atomic mass is 16.5. The molecule has 0 spiro atoms. The monoisotopic (exact) mass is 406 g/mol. The van der Waals surface area contributed by atoms with E-state index < -0.39 is 23.5 Å². The van der Waals surface area contributed by atoms with Crippen LogP contribution in [0.25, 0.3) is 10.8 Å². The molecule has 0 saturated carbocycles. The van der Waals surface area contributed by atoms with E-state index in [2.05, 4.69) is 10.4 Å². The Morgan fingerprint density at radius 1 is 1.23 bits per heavy atom. The molecule has 2 aromatic carbocycles. The molecule has 1 atom stereocenters. The standard InChI is InChI=1S/C21H18N4O5/c1-13(19(27)23-15-6-4-5-14(11-15)12-22)30-21(29)18-16-7-2-3-8-17(16)20(28)25(24-18)9-10-26/h2-8,11,13,26H,9-10H2,1H3,(H,23,27)/t13-/m0/s1. The maximum absolute atomic E-state index is 12.7. The molecule has 3 aromatic rings. The van der Waals surface area contributed by atoms with Gasteiger partial charge in [0.1, 0.15) is 0 Å². The fourth-order valence-electron chi connectivity index (χ4n) is 2.81. The number of aliphatic hydroxyl groups is 1. The number of nitrogens with zero attached hydrogens (tertiary/aromatic N) is 3. The summed E-state index contributed by atoms with van der Waals surface area (Å²) in [7, 11) is 0. The molecular formula is C21H18N4O5. The number of nitriles is 1. The molecule has 0 saturated heterocycles. The first-order chi connectivity index (χ1) is 14.4. The second-order valence-electron chi connectivity index (χ2n) is 6.38. The van der Waals surface area contributed by atoms with E-state index >= 15 is 0 Å². The normalized spacial score (nSPS) is 11.5. The Bertz CT molecular complexity index is 1210. The molecule has 1 heterocycles. The van der Waals surface area contributed by atoms with Gasteiger partial charge in [-0.05, 0) is 31.2 Å². The first kappa shape index (κ1) is 20.7. The Hall–Kier alpha value is -4.03. The zero-order chi connectivity index (χ0) is 21.7. The number of amides is 1. The SMILES string of the molecule is C[C@H](OC(=O)c1nn(CCO)c(=O)c2ccccc12)C(=O)Nc1cccc(C#N)c1. The Kier molecular flexibility index (Phi) is 6.20. The lowest BCUT2D eigenvalue weighted by Gasteiger charge is -2.15. The summed E-state index contributed by atoms with van der Waals surface area (Å²) >= 11 is 0. The molecule has 9 nitrogen and oxygen atoms in total. The number of fused-ring (bicyclic) bond motifs is 1. The van der Waals surface area contributed by atoms with Crippen LogP contribution in [0, 0.1) is 11.3 Å².